The third kappa shape index (κ3) is 5.75. The van der Waals surface area contributed by atoms with Crippen LogP contribution in [-0.4, -0.2) is 31.8 Å². The van der Waals surface area contributed by atoms with Gasteiger partial charge in [0.25, 0.3) is 0 Å². The molecule has 0 saturated carbocycles. The van der Waals surface area contributed by atoms with Crippen LogP contribution >= 0.6 is 0 Å². The lowest BCUT2D eigenvalue weighted by atomic mass is 10.1. The lowest BCUT2D eigenvalue weighted by Gasteiger charge is -2.14. The first-order valence-electron chi connectivity index (χ1n) is 7.75. The highest BCUT2D eigenvalue weighted by Crippen LogP contribution is 2.11. The SMILES string of the molecule is CCOC(=O)c1ccc(CNC(=O)NC=C2CCOCC2)cc1. The summed E-state index contributed by atoms with van der Waals surface area (Å²) < 4.78 is 10.2. The lowest BCUT2D eigenvalue weighted by Crippen LogP contribution is -2.32. The van der Waals surface area contributed by atoms with Crippen LogP contribution in [0.25, 0.3) is 0 Å². The van der Waals surface area contributed by atoms with Crippen LogP contribution in [0, 0.1) is 0 Å². The van der Waals surface area contributed by atoms with E-state index in [1.807, 2.05) is 0 Å². The van der Waals surface area contributed by atoms with Gasteiger partial charge < -0.3 is 20.1 Å². The van der Waals surface area contributed by atoms with Crippen LogP contribution in [0.1, 0.15) is 35.7 Å². The molecule has 124 valence electrons. The molecule has 0 bridgehead atoms. The summed E-state index contributed by atoms with van der Waals surface area (Å²) in [4.78, 5) is 23.3. The highest BCUT2D eigenvalue weighted by atomic mass is 16.5. The molecule has 2 amide bonds. The van der Waals surface area contributed by atoms with Gasteiger partial charge >= 0.3 is 12.0 Å². The van der Waals surface area contributed by atoms with E-state index in [-0.39, 0.29) is 12.0 Å². The van der Waals surface area contributed by atoms with Crippen molar-refractivity contribution in [1.82, 2.24) is 10.6 Å². The van der Waals surface area contributed by atoms with E-state index >= 15 is 0 Å². The predicted octanol–water partition coefficient (Wildman–Crippen LogP) is 2.36. The van der Waals surface area contributed by atoms with Gasteiger partial charge in [-0.3, -0.25) is 0 Å². The standard InChI is InChI=1S/C17H22N2O4/c1-2-23-16(20)15-5-3-13(4-6-15)11-18-17(21)19-12-14-7-9-22-10-8-14/h3-6,12H,2,7-11H2,1H3,(H2,18,19,21). The second-order valence-electron chi connectivity index (χ2n) is 5.16. The second-order valence-corrected chi connectivity index (χ2v) is 5.16. The number of nitrogens with one attached hydrogen (secondary N) is 2. The van der Waals surface area contributed by atoms with Crippen LogP contribution in [0.2, 0.25) is 0 Å². The van der Waals surface area contributed by atoms with E-state index in [0.717, 1.165) is 18.4 Å². The third-order valence-corrected chi connectivity index (χ3v) is 3.46. The normalized spacial score (nSPS) is 14.0. The molecule has 1 aromatic rings. The van der Waals surface area contributed by atoms with Gasteiger partial charge in [-0.1, -0.05) is 12.1 Å². The van der Waals surface area contributed by atoms with Gasteiger partial charge in [0.15, 0.2) is 0 Å². The molecule has 1 heterocycles. The Balaban J connectivity index is 1.76. The molecular weight excluding hydrogens is 296 g/mol. The quantitative estimate of drug-likeness (QED) is 0.817. The number of carbonyl (C=O) groups is 2. The molecule has 0 aromatic heterocycles. The Morgan fingerprint density at radius 1 is 1.22 bits per heavy atom. The smallest absolute Gasteiger partial charge is 0.338 e. The van der Waals surface area contributed by atoms with Gasteiger partial charge in [0, 0.05) is 12.7 Å². The van der Waals surface area contributed by atoms with Crippen molar-refractivity contribution in [2.24, 2.45) is 0 Å². The Labute approximate surface area is 135 Å². The van der Waals surface area contributed by atoms with Crippen molar-refractivity contribution in [3.8, 4) is 0 Å². The summed E-state index contributed by atoms with van der Waals surface area (Å²) in [6.45, 7) is 3.93. The maximum absolute atomic E-state index is 11.7. The van der Waals surface area contributed by atoms with Gasteiger partial charge in [-0.2, -0.15) is 0 Å². The van der Waals surface area contributed by atoms with Crippen LogP contribution in [0.4, 0.5) is 4.79 Å². The molecule has 0 spiro atoms. The van der Waals surface area contributed by atoms with Crippen LogP contribution in [0.5, 0.6) is 0 Å². The molecule has 0 radical (unpaired) electrons. The molecular formula is C17H22N2O4. The largest absolute Gasteiger partial charge is 0.462 e. The number of rotatable bonds is 5. The summed E-state index contributed by atoms with van der Waals surface area (Å²) in [6.07, 6.45) is 3.47. The molecule has 1 aliphatic rings. The fourth-order valence-corrected chi connectivity index (χ4v) is 2.15. The highest BCUT2D eigenvalue weighted by Gasteiger charge is 2.07. The molecule has 2 rings (SSSR count). The Morgan fingerprint density at radius 3 is 2.57 bits per heavy atom. The van der Waals surface area contributed by atoms with E-state index in [4.69, 9.17) is 9.47 Å². The number of ether oxygens (including phenoxy) is 2. The van der Waals surface area contributed by atoms with Crippen molar-refractivity contribution >= 4 is 12.0 Å². The van der Waals surface area contributed by atoms with Gasteiger partial charge in [-0.15, -0.1) is 0 Å². The van der Waals surface area contributed by atoms with E-state index in [0.29, 0.717) is 31.9 Å². The summed E-state index contributed by atoms with van der Waals surface area (Å²) in [6, 6.07) is 6.72. The van der Waals surface area contributed by atoms with E-state index in [1.54, 1.807) is 37.4 Å². The van der Waals surface area contributed by atoms with E-state index < -0.39 is 0 Å². The molecule has 0 aliphatic carbocycles. The molecule has 0 atom stereocenters. The van der Waals surface area contributed by atoms with Crippen LogP contribution in [0.3, 0.4) is 0 Å². The summed E-state index contributed by atoms with van der Waals surface area (Å²) in [5.41, 5.74) is 2.60. The maximum atomic E-state index is 11.7. The van der Waals surface area contributed by atoms with Crippen molar-refractivity contribution in [2.45, 2.75) is 26.3 Å². The topological polar surface area (TPSA) is 76.7 Å². The molecule has 23 heavy (non-hydrogen) atoms. The number of carbonyl (C=O) groups excluding carboxylic acids is 2. The summed E-state index contributed by atoms with van der Waals surface area (Å²) in [5.74, 6) is -0.340. The highest BCUT2D eigenvalue weighted by molar-refractivity contribution is 5.89. The molecule has 1 aromatic carbocycles. The molecule has 1 saturated heterocycles. The average Bonchev–Trinajstić information content (AvgIpc) is 2.59. The van der Waals surface area contributed by atoms with Crippen molar-refractivity contribution in [1.29, 1.82) is 0 Å². The van der Waals surface area contributed by atoms with Gasteiger partial charge in [-0.25, -0.2) is 9.59 Å². The van der Waals surface area contributed by atoms with E-state index in [9.17, 15) is 9.59 Å². The summed E-state index contributed by atoms with van der Waals surface area (Å²) >= 11 is 0. The average molecular weight is 318 g/mol. The monoisotopic (exact) mass is 318 g/mol. The molecule has 1 fully saturated rings. The van der Waals surface area contributed by atoms with Crippen molar-refractivity contribution in [2.75, 3.05) is 19.8 Å². The van der Waals surface area contributed by atoms with E-state index in [2.05, 4.69) is 10.6 Å². The Hall–Kier alpha value is -2.34. The van der Waals surface area contributed by atoms with Gasteiger partial charge in [0.1, 0.15) is 0 Å². The van der Waals surface area contributed by atoms with Crippen molar-refractivity contribution in [3.63, 3.8) is 0 Å². The second kappa shape index (κ2) is 8.95. The van der Waals surface area contributed by atoms with Gasteiger partial charge in [-0.05, 0) is 43.0 Å². The van der Waals surface area contributed by atoms with Crippen LogP contribution in [-0.2, 0) is 16.0 Å². The Morgan fingerprint density at radius 2 is 1.91 bits per heavy atom. The third-order valence-electron chi connectivity index (χ3n) is 3.46. The fourth-order valence-electron chi connectivity index (χ4n) is 2.15. The van der Waals surface area contributed by atoms with Crippen LogP contribution < -0.4 is 10.6 Å². The first-order valence-corrected chi connectivity index (χ1v) is 7.75. The molecule has 6 nitrogen and oxygen atoms in total. The Kier molecular flexibility index (Phi) is 6.62. The van der Waals surface area contributed by atoms with Gasteiger partial charge in [0.05, 0.1) is 25.4 Å². The fraction of sp³-hybridized carbons (Fsp3) is 0.412. The zero-order valence-electron chi connectivity index (χ0n) is 13.3. The first kappa shape index (κ1) is 17.0. The number of amides is 2. The van der Waals surface area contributed by atoms with E-state index in [1.165, 1.54) is 5.57 Å². The minimum Gasteiger partial charge on any atom is -0.462 e. The molecule has 2 N–H and O–H groups in total. The molecule has 6 heteroatoms. The lowest BCUT2D eigenvalue weighted by molar-refractivity contribution is 0.0526. The van der Waals surface area contributed by atoms with Crippen LogP contribution in [0.15, 0.2) is 36.0 Å². The summed E-state index contributed by atoms with van der Waals surface area (Å²) in [7, 11) is 0. The number of urea groups is 1. The van der Waals surface area contributed by atoms with Gasteiger partial charge in [0.2, 0.25) is 0 Å². The minimum atomic E-state index is -0.340. The number of esters is 1. The zero-order valence-corrected chi connectivity index (χ0v) is 13.3. The number of hydrogen-bond donors (Lipinski definition) is 2. The molecule has 1 aliphatic heterocycles. The Bertz CT molecular complexity index is 558. The van der Waals surface area contributed by atoms with Crippen molar-refractivity contribution < 1.29 is 19.1 Å². The number of benzene rings is 1. The maximum Gasteiger partial charge on any atom is 0.338 e. The van der Waals surface area contributed by atoms with Crippen molar-refractivity contribution in [3.05, 3.63) is 47.2 Å². The molecule has 0 unspecified atom stereocenters. The number of hydrogen-bond acceptors (Lipinski definition) is 4. The zero-order chi connectivity index (χ0) is 16.5. The minimum absolute atomic E-state index is 0.251. The summed E-state index contributed by atoms with van der Waals surface area (Å²) in [5, 5.41) is 5.50. The predicted molar refractivity (Wildman–Crippen MR) is 85.9 cm³/mol. The first-order chi connectivity index (χ1) is 11.2.